The molecule has 0 saturated carbocycles. The van der Waals surface area contributed by atoms with Crippen LogP contribution in [0.5, 0.6) is 0 Å². The maximum atomic E-state index is 12.1. The van der Waals surface area contributed by atoms with Gasteiger partial charge in [-0.25, -0.2) is 0 Å². The van der Waals surface area contributed by atoms with Crippen molar-refractivity contribution in [2.75, 3.05) is 13.1 Å². The molecule has 0 radical (unpaired) electrons. The molecular formula is C20H33N3O. The molecule has 2 unspecified atom stereocenters. The third-order valence-electron chi connectivity index (χ3n) is 4.93. The molecule has 4 nitrogen and oxygen atoms in total. The molecule has 0 aromatic heterocycles. The number of nitrogens with zero attached hydrogens (tertiary/aromatic N) is 1. The van der Waals surface area contributed by atoms with Gasteiger partial charge in [-0.1, -0.05) is 52.0 Å². The summed E-state index contributed by atoms with van der Waals surface area (Å²) in [6.07, 6.45) is 1.32. The largest absolute Gasteiger partial charge is 0.351 e. The summed E-state index contributed by atoms with van der Waals surface area (Å²) in [5, 5.41) is 2.99. The van der Waals surface area contributed by atoms with Crippen molar-refractivity contribution in [3.63, 3.8) is 0 Å². The second-order valence-electron chi connectivity index (χ2n) is 7.90. The molecule has 134 valence electrons. The van der Waals surface area contributed by atoms with Crippen molar-refractivity contribution in [3.8, 4) is 0 Å². The predicted molar refractivity (Wildman–Crippen MR) is 99.3 cm³/mol. The Balaban J connectivity index is 1.98. The van der Waals surface area contributed by atoms with Crippen molar-refractivity contribution in [1.29, 1.82) is 0 Å². The van der Waals surface area contributed by atoms with Gasteiger partial charge in [0.05, 0.1) is 6.04 Å². The van der Waals surface area contributed by atoms with Crippen molar-refractivity contribution < 1.29 is 4.79 Å². The van der Waals surface area contributed by atoms with Crippen LogP contribution in [0.2, 0.25) is 0 Å². The highest BCUT2D eigenvalue weighted by atomic mass is 16.2. The Morgan fingerprint density at radius 1 is 1.21 bits per heavy atom. The summed E-state index contributed by atoms with van der Waals surface area (Å²) in [6.45, 7) is 12.4. The average molecular weight is 332 g/mol. The molecule has 24 heavy (non-hydrogen) atoms. The lowest BCUT2D eigenvalue weighted by molar-refractivity contribution is -0.123. The van der Waals surface area contributed by atoms with Gasteiger partial charge in [0.25, 0.3) is 0 Å². The highest BCUT2D eigenvalue weighted by Gasteiger charge is 2.22. The lowest BCUT2D eigenvalue weighted by Crippen LogP contribution is -2.43. The number of nitrogens with two attached hydrogens (primary N) is 1. The standard InChI is InChI=1S/C20H33N3O/c1-14(2)19(21)20(24)22-10-17-7-5-6-8-18(17)13-23-11-15(3)9-16(4)12-23/h5-8,14-16,19H,9-13,21H2,1-4H3,(H,22,24)/t15?,16?,19-/m0/s1. The van der Waals surface area contributed by atoms with E-state index in [0.717, 1.165) is 31.5 Å². The molecule has 1 aliphatic rings. The van der Waals surface area contributed by atoms with Gasteiger partial charge in [-0.15, -0.1) is 0 Å². The van der Waals surface area contributed by atoms with Crippen LogP contribution in [0.15, 0.2) is 24.3 Å². The fourth-order valence-corrected chi connectivity index (χ4v) is 3.65. The van der Waals surface area contributed by atoms with Crippen LogP contribution in [0.25, 0.3) is 0 Å². The maximum Gasteiger partial charge on any atom is 0.237 e. The van der Waals surface area contributed by atoms with Crippen molar-refractivity contribution in [3.05, 3.63) is 35.4 Å². The first-order valence-electron chi connectivity index (χ1n) is 9.19. The van der Waals surface area contributed by atoms with Gasteiger partial charge in [0.1, 0.15) is 0 Å². The van der Waals surface area contributed by atoms with Crippen molar-refractivity contribution >= 4 is 5.91 Å². The Labute approximate surface area is 146 Å². The molecule has 0 bridgehead atoms. The van der Waals surface area contributed by atoms with Crippen LogP contribution < -0.4 is 11.1 Å². The highest BCUT2D eigenvalue weighted by molar-refractivity contribution is 5.81. The van der Waals surface area contributed by atoms with Crippen LogP contribution in [-0.4, -0.2) is 29.9 Å². The summed E-state index contributed by atoms with van der Waals surface area (Å²) < 4.78 is 0. The Morgan fingerprint density at radius 2 is 1.79 bits per heavy atom. The number of carbonyl (C=O) groups is 1. The fraction of sp³-hybridized carbons (Fsp3) is 0.650. The zero-order valence-corrected chi connectivity index (χ0v) is 15.6. The molecule has 0 aliphatic carbocycles. The van der Waals surface area contributed by atoms with E-state index < -0.39 is 6.04 Å². The maximum absolute atomic E-state index is 12.1. The number of hydrogen-bond donors (Lipinski definition) is 2. The summed E-state index contributed by atoms with van der Waals surface area (Å²) in [6, 6.07) is 7.95. The Kier molecular flexibility index (Phi) is 6.81. The summed E-state index contributed by atoms with van der Waals surface area (Å²) in [4.78, 5) is 14.6. The fourth-order valence-electron chi connectivity index (χ4n) is 3.65. The molecule has 1 amide bonds. The minimum Gasteiger partial charge on any atom is -0.351 e. The smallest absolute Gasteiger partial charge is 0.237 e. The van der Waals surface area contributed by atoms with Gasteiger partial charge in [0.15, 0.2) is 0 Å². The van der Waals surface area contributed by atoms with E-state index in [-0.39, 0.29) is 11.8 Å². The highest BCUT2D eigenvalue weighted by Crippen LogP contribution is 2.23. The molecule has 3 N–H and O–H groups in total. The average Bonchev–Trinajstić information content (AvgIpc) is 2.52. The summed E-state index contributed by atoms with van der Waals surface area (Å²) in [5.74, 6) is 1.59. The first-order valence-corrected chi connectivity index (χ1v) is 9.19. The van der Waals surface area contributed by atoms with Gasteiger partial charge in [-0.05, 0) is 35.3 Å². The molecule has 0 spiro atoms. The molecule has 1 aliphatic heterocycles. The lowest BCUT2D eigenvalue weighted by Gasteiger charge is -2.35. The van der Waals surface area contributed by atoms with Gasteiger partial charge in [0, 0.05) is 26.2 Å². The molecule has 2 rings (SSSR count). The Bertz CT molecular complexity index is 533. The third-order valence-corrected chi connectivity index (χ3v) is 4.93. The van der Waals surface area contributed by atoms with E-state index in [9.17, 15) is 4.79 Å². The normalized spacial score (nSPS) is 23.2. The minimum atomic E-state index is -0.444. The third kappa shape index (κ3) is 5.32. The van der Waals surface area contributed by atoms with Crippen molar-refractivity contribution in [2.24, 2.45) is 23.5 Å². The number of carbonyl (C=O) groups excluding carboxylic acids is 1. The predicted octanol–water partition coefficient (Wildman–Crippen LogP) is 2.76. The van der Waals surface area contributed by atoms with Gasteiger partial charge in [0.2, 0.25) is 5.91 Å². The SMILES string of the molecule is CC1CC(C)CN(Cc2ccccc2CNC(=O)[C@@H](N)C(C)C)C1. The van der Waals surface area contributed by atoms with E-state index >= 15 is 0 Å². The number of piperidine rings is 1. The van der Waals surface area contributed by atoms with E-state index in [4.69, 9.17) is 5.73 Å². The Morgan fingerprint density at radius 3 is 2.38 bits per heavy atom. The van der Waals surface area contributed by atoms with Crippen LogP contribution in [0, 0.1) is 17.8 Å². The van der Waals surface area contributed by atoms with Crippen LogP contribution in [-0.2, 0) is 17.9 Å². The van der Waals surface area contributed by atoms with Crippen LogP contribution >= 0.6 is 0 Å². The van der Waals surface area contributed by atoms with E-state index in [2.05, 4.69) is 42.3 Å². The topological polar surface area (TPSA) is 58.4 Å². The zero-order valence-electron chi connectivity index (χ0n) is 15.6. The number of amides is 1. The molecule has 1 aromatic carbocycles. The van der Waals surface area contributed by atoms with E-state index in [1.54, 1.807) is 0 Å². The summed E-state index contributed by atoms with van der Waals surface area (Å²) >= 11 is 0. The summed E-state index contributed by atoms with van der Waals surface area (Å²) in [7, 11) is 0. The van der Waals surface area contributed by atoms with Gasteiger partial charge in [-0.3, -0.25) is 9.69 Å². The number of rotatable bonds is 6. The second-order valence-corrected chi connectivity index (χ2v) is 7.90. The quantitative estimate of drug-likeness (QED) is 0.843. The molecule has 1 saturated heterocycles. The molecule has 1 aromatic rings. The van der Waals surface area contributed by atoms with Crippen LogP contribution in [0.3, 0.4) is 0 Å². The lowest BCUT2D eigenvalue weighted by atomic mass is 9.91. The Hall–Kier alpha value is -1.39. The van der Waals surface area contributed by atoms with Gasteiger partial charge in [-0.2, -0.15) is 0 Å². The first-order chi connectivity index (χ1) is 11.4. The molecule has 4 heteroatoms. The number of likely N-dealkylation sites (tertiary alicyclic amines) is 1. The molecule has 3 atom stereocenters. The van der Waals surface area contributed by atoms with Gasteiger partial charge >= 0.3 is 0 Å². The second kappa shape index (κ2) is 8.63. The monoisotopic (exact) mass is 331 g/mol. The minimum absolute atomic E-state index is 0.0694. The van der Waals surface area contributed by atoms with E-state index in [1.807, 2.05) is 19.9 Å². The molecular weight excluding hydrogens is 298 g/mol. The van der Waals surface area contributed by atoms with Crippen molar-refractivity contribution in [2.45, 2.75) is 53.2 Å². The zero-order chi connectivity index (χ0) is 17.7. The molecule has 1 fully saturated rings. The first kappa shape index (κ1) is 18.9. The van der Waals surface area contributed by atoms with Gasteiger partial charge < -0.3 is 11.1 Å². The number of hydrogen-bond acceptors (Lipinski definition) is 3. The van der Waals surface area contributed by atoms with Crippen LogP contribution in [0.1, 0.15) is 45.2 Å². The number of benzene rings is 1. The van der Waals surface area contributed by atoms with E-state index in [0.29, 0.717) is 6.54 Å². The number of nitrogens with one attached hydrogen (secondary N) is 1. The van der Waals surface area contributed by atoms with Crippen molar-refractivity contribution in [1.82, 2.24) is 10.2 Å². The summed E-state index contributed by atoms with van der Waals surface area (Å²) in [5.41, 5.74) is 8.41. The van der Waals surface area contributed by atoms with Crippen LogP contribution in [0.4, 0.5) is 0 Å². The molecule has 1 heterocycles. The van der Waals surface area contributed by atoms with E-state index in [1.165, 1.54) is 17.5 Å².